The van der Waals surface area contributed by atoms with E-state index in [1.165, 1.54) is 20.8 Å². The molecule has 0 spiro atoms. The first kappa shape index (κ1) is 19.1. The van der Waals surface area contributed by atoms with Crippen LogP contribution in [-0.2, 0) is 33.3 Å². The van der Waals surface area contributed by atoms with Crippen LogP contribution in [0.4, 0.5) is 0 Å². The molecule has 23 heavy (non-hydrogen) atoms. The highest BCUT2D eigenvalue weighted by molar-refractivity contribution is 5.67. The Balaban J connectivity index is 3.01. The summed E-state index contributed by atoms with van der Waals surface area (Å²) in [5.41, 5.74) is 6.07. The molecule has 2 N–H and O–H groups in total. The summed E-state index contributed by atoms with van der Waals surface area (Å²) in [6.45, 7) is 7.28. The second kappa shape index (κ2) is 8.64. The Labute approximate surface area is 134 Å². The monoisotopic (exact) mass is 329 g/mol. The van der Waals surface area contributed by atoms with Crippen LogP contribution < -0.4 is 5.73 Å². The molecular formula is C15H23NO7. The van der Waals surface area contributed by atoms with Crippen molar-refractivity contribution < 1.29 is 33.3 Å². The van der Waals surface area contributed by atoms with Crippen LogP contribution in [0.25, 0.3) is 0 Å². The molecule has 0 aromatic carbocycles. The molecule has 1 fully saturated rings. The van der Waals surface area contributed by atoms with Gasteiger partial charge in [-0.1, -0.05) is 6.08 Å². The van der Waals surface area contributed by atoms with E-state index in [2.05, 4.69) is 6.58 Å². The Morgan fingerprint density at radius 3 is 2.09 bits per heavy atom. The van der Waals surface area contributed by atoms with Crippen LogP contribution in [0.2, 0.25) is 0 Å². The van der Waals surface area contributed by atoms with Crippen LogP contribution in [-0.4, -0.2) is 55.0 Å². The molecule has 0 aromatic heterocycles. The second-order valence-electron chi connectivity index (χ2n) is 5.27. The summed E-state index contributed by atoms with van der Waals surface area (Å²) in [6.07, 6.45) is -1.14. The van der Waals surface area contributed by atoms with Gasteiger partial charge in [-0.05, 0) is 6.42 Å². The molecule has 0 aromatic rings. The SMILES string of the molecule is C=CCC1OC(COC(C)=O)C(N)C(OC(C)=O)C1OC(C)=O. The Morgan fingerprint density at radius 2 is 1.61 bits per heavy atom. The van der Waals surface area contributed by atoms with Crippen LogP contribution in [0, 0.1) is 0 Å². The molecule has 8 heteroatoms. The lowest BCUT2D eigenvalue weighted by molar-refractivity contribution is -0.217. The lowest BCUT2D eigenvalue weighted by Crippen LogP contribution is -2.64. The summed E-state index contributed by atoms with van der Waals surface area (Å²) in [5.74, 6) is -1.59. The summed E-state index contributed by atoms with van der Waals surface area (Å²) in [6, 6.07) is -0.816. The Bertz CT molecular complexity index is 465. The number of nitrogens with two attached hydrogens (primary N) is 1. The van der Waals surface area contributed by atoms with Gasteiger partial charge in [0, 0.05) is 20.8 Å². The summed E-state index contributed by atoms with van der Waals surface area (Å²) in [5, 5.41) is 0. The molecule has 0 amide bonds. The molecule has 0 bridgehead atoms. The predicted molar refractivity (Wildman–Crippen MR) is 79.2 cm³/mol. The molecular weight excluding hydrogens is 306 g/mol. The van der Waals surface area contributed by atoms with Gasteiger partial charge in [0.05, 0.1) is 6.04 Å². The highest BCUT2D eigenvalue weighted by Crippen LogP contribution is 2.27. The fourth-order valence-electron chi connectivity index (χ4n) is 2.41. The van der Waals surface area contributed by atoms with Gasteiger partial charge in [0.25, 0.3) is 0 Å². The lowest BCUT2D eigenvalue weighted by Gasteiger charge is -2.43. The molecule has 1 saturated heterocycles. The molecule has 1 aliphatic heterocycles. The predicted octanol–water partition coefficient (Wildman–Crippen LogP) is 0.0837. The molecule has 0 aliphatic carbocycles. The number of hydrogen-bond donors (Lipinski definition) is 1. The van der Waals surface area contributed by atoms with Gasteiger partial charge in [0.2, 0.25) is 0 Å². The lowest BCUT2D eigenvalue weighted by atomic mass is 9.91. The van der Waals surface area contributed by atoms with E-state index in [-0.39, 0.29) is 6.61 Å². The summed E-state index contributed by atoms with van der Waals surface area (Å²) < 4.78 is 21.2. The van der Waals surface area contributed by atoms with Crippen LogP contribution in [0.15, 0.2) is 12.7 Å². The van der Waals surface area contributed by atoms with E-state index >= 15 is 0 Å². The summed E-state index contributed by atoms with van der Waals surface area (Å²) in [7, 11) is 0. The quantitative estimate of drug-likeness (QED) is 0.414. The minimum Gasteiger partial charge on any atom is -0.463 e. The van der Waals surface area contributed by atoms with Crippen molar-refractivity contribution in [3.05, 3.63) is 12.7 Å². The largest absolute Gasteiger partial charge is 0.463 e. The van der Waals surface area contributed by atoms with E-state index in [1.54, 1.807) is 6.08 Å². The van der Waals surface area contributed by atoms with Gasteiger partial charge >= 0.3 is 17.9 Å². The number of carbonyl (C=O) groups is 3. The maximum atomic E-state index is 11.4. The third kappa shape index (κ3) is 5.65. The van der Waals surface area contributed by atoms with E-state index < -0.39 is 48.4 Å². The first-order valence-corrected chi connectivity index (χ1v) is 7.26. The summed E-state index contributed by atoms with van der Waals surface area (Å²) >= 11 is 0. The van der Waals surface area contributed by atoms with Crippen molar-refractivity contribution in [2.24, 2.45) is 5.73 Å². The van der Waals surface area contributed by atoms with Gasteiger partial charge in [-0.25, -0.2) is 0 Å². The average Bonchev–Trinajstić information content (AvgIpc) is 2.43. The molecule has 8 nitrogen and oxygen atoms in total. The molecule has 0 radical (unpaired) electrons. The topological polar surface area (TPSA) is 114 Å². The fraction of sp³-hybridized carbons (Fsp3) is 0.667. The van der Waals surface area contributed by atoms with Crippen LogP contribution >= 0.6 is 0 Å². The van der Waals surface area contributed by atoms with E-state index in [9.17, 15) is 14.4 Å². The molecule has 0 saturated carbocycles. The zero-order chi connectivity index (χ0) is 17.6. The zero-order valence-corrected chi connectivity index (χ0v) is 13.5. The fourth-order valence-corrected chi connectivity index (χ4v) is 2.41. The van der Waals surface area contributed by atoms with E-state index in [0.29, 0.717) is 6.42 Å². The van der Waals surface area contributed by atoms with Crippen LogP contribution in [0.5, 0.6) is 0 Å². The smallest absolute Gasteiger partial charge is 0.303 e. The van der Waals surface area contributed by atoms with Crippen molar-refractivity contribution in [2.75, 3.05) is 6.61 Å². The average molecular weight is 329 g/mol. The first-order chi connectivity index (χ1) is 10.8. The van der Waals surface area contributed by atoms with Crippen molar-refractivity contribution in [1.29, 1.82) is 0 Å². The Kier molecular flexibility index (Phi) is 7.18. The Hall–Kier alpha value is -1.93. The van der Waals surface area contributed by atoms with E-state index in [0.717, 1.165) is 0 Å². The number of carbonyl (C=O) groups excluding carboxylic acids is 3. The van der Waals surface area contributed by atoms with Gasteiger partial charge in [0.15, 0.2) is 12.2 Å². The molecule has 1 heterocycles. The summed E-state index contributed by atoms with van der Waals surface area (Å²) in [4.78, 5) is 33.7. The Morgan fingerprint density at radius 1 is 1.04 bits per heavy atom. The van der Waals surface area contributed by atoms with Crippen molar-refractivity contribution >= 4 is 17.9 Å². The molecule has 1 aliphatic rings. The molecule has 5 atom stereocenters. The van der Waals surface area contributed by atoms with Gasteiger partial charge < -0.3 is 24.7 Å². The minimum atomic E-state index is -0.907. The zero-order valence-electron chi connectivity index (χ0n) is 13.5. The van der Waals surface area contributed by atoms with Crippen LogP contribution in [0.1, 0.15) is 27.2 Å². The maximum absolute atomic E-state index is 11.4. The third-order valence-corrected chi connectivity index (χ3v) is 3.30. The van der Waals surface area contributed by atoms with Crippen molar-refractivity contribution in [3.63, 3.8) is 0 Å². The maximum Gasteiger partial charge on any atom is 0.303 e. The number of ether oxygens (including phenoxy) is 4. The van der Waals surface area contributed by atoms with Crippen LogP contribution in [0.3, 0.4) is 0 Å². The van der Waals surface area contributed by atoms with E-state index in [4.69, 9.17) is 24.7 Å². The standard InChI is InChI=1S/C15H23NO7/c1-5-6-11-14(21-9(3)18)15(22-10(4)19)13(16)12(23-11)7-20-8(2)17/h5,11-15H,1,6-7,16H2,2-4H3. The highest BCUT2D eigenvalue weighted by atomic mass is 16.6. The first-order valence-electron chi connectivity index (χ1n) is 7.26. The van der Waals surface area contributed by atoms with Crippen molar-refractivity contribution in [3.8, 4) is 0 Å². The molecule has 130 valence electrons. The normalized spacial score (nSPS) is 30.2. The van der Waals surface area contributed by atoms with E-state index in [1.807, 2.05) is 0 Å². The highest BCUT2D eigenvalue weighted by Gasteiger charge is 2.48. The second-order valence-corrected chi connectivity index (χ2v) is 5.27. The van der Waals surface area contributed by atoms with Gasteiger partial charge in [-0.2, -0.15) is 0 Å². The number of esters is 3. The van der Waals surface area contributed by atoms with Crippen molar-refractivity contribution in [1.82, 2.24) is 0 Å². The molecule has 5 unspecified atom stereocenters. The molecule has 1 rings (SSSR count). The van der Waals surface area contributed by atoms with Gasteiger partial charge in [-0.15, -0.1) is 6.58 Å². The van der Waals surface area contributed by atoms with Gasteiger partial charge in [-0.3, -0.25) is 14.4 Å². The van der Waals surface area contributed by atoms with Gasteiger partial charge in [0.1, 0.15) is 18.8 Å². The van der Waals surface area contributed by atoms with Crippen molar-refractivity contribution in [2.45, 2.75) is 57.6 Å². The third-order valence-electron chi connectivity index (χ3n) is 3.30. The number of hydrogen-bond acceptors (Lipinski definition) is 8. The minimum absolute atomic E-state index is 0.0886. The number of rotatable bonds is 6.